The van der Waals surface area contributed by atoms with Gasteiger partial charge in [0.25, 0.3) is 0 Å². The van der Waals surface area contributed by atoms with Gasteiger partial charge in [0.2, 0.25) is 11.8 Å². The molecule has 2 rings (SSSR count). The van der Waals surface area contributed by atoms with E-state index in [1.165, 1.54) is 10.5 Å². The van der Waals surface area contributed by atoms with Crippen molar-refractivity contribution >= 4 is 17.8 Å². The van der Waals surface area contributed by atoms with Crippen molar-refractivity contribution in [2.24, 2.45) is 11.8 Å². The zero-order valence-corrected chi connectivity index (χ0v) is 18.1. The van der Waals surface area contributed by atoms with Gasteiger partial charge in [-0.3, -0.25) is 14.4 Å². The molecular weight excluding hydrogens is 368 g/mol. The molecule has 1 unspecified atom stereocenters. The number of hydrogen-bond acceptors (Lipinski definition) is 4. The molecule has 1 fully saturated rings. The van der Waals surface area contributed by atoms with E-state index in [2.05, 4.69) is 26.0 Å². The maximum absolute atomic E-state index is 12.6. The van der Waals surface area contributed by atoms with E-state index in [1.807, 2.05) is 12.1 Å². The highest BCUT2D eigenvalue weighted by atomic mass is 16.5. The third-order valence-corrected chi connectivity index (χ3v) is 5.21. The lowest BCUT2D eigenvalue weighted by Gasteiger charge is -2.32. The number of esters is 1. The van der Waals surface area contributed by atoms with E-state index < -0.39 is 0 Å². The molecule has 1 aromatic rings. The molecule has 1 aliphatic heterocycles. The van der Waals surface area contributed by atoms with Crippen LogP contribution in [-0.2, 0) is 32.0 Å². The molecule has 1 aromatic carbocycles. The highest BCUT2D eigenvalue weighted by molar-refractivity contribution is 5.86. The topological polar surface area (TPSA) is 66.9 Å². The maximum atomic E-state index is 12.6. The van der Waals surface area contributed by atoms with Crippen molar-refractivity contribution in [1.82, 2.24) is 9.80 Å². The number of carbonyl (C=O) groups is 3. The first-order valence-electron chi connectivity index (χ1n) is 10.6. The summed E-state index contributed by atoms with van der Waals surface area (Å²) in [4.78, 5) is 40.3. The summed E-state index contributed by atoms with van der Waals surface area (Å²) in [6, 6.07) is 8.10. The zero-order valence-electron chi connectivity index (χ0n) is 18.1. The third kappa shape index (κ3) is 7.18. The molecule has 2 amide bonds. The number of ether oxygens (including phenoxy) is 1. The van der Waals surface area contributed by atoms with Gasteiger partial charge in [0.05, 0.1) is 25.5 Å². The van der Waals surface area contributed by atoms with Crippen LogP contribution >= 0.6 is 0 Å². The lowest BCUT2D eigenvalue weighted by atomic mass is 9.98. The van der Waals surface area contributed by atoms with E-state index in [1.54, 1.807) is 18.9 Å². The fourth-order valence-electron chi connectivity index (χ4n) is 3.62. The number of amides is 2. The molecule has 6 heteroatoms. The minimum atomic E-state index is -0.266. The van der Waals surface area contributed by atoms with Gasteiger partial charge in [0.1, 0.15) is 0 Å². The number of rotatable bonds is 8. The van der Waals surface area contributed by atoms with Crippen molar-refractivity contribution in [2.75, 3.05) is 33.3 Å². The Balaban J connectivity index is 1.85. The van der Waals surface area contributed by atoms with E-state index in [-0.39, 0.29) is 36.7 Å². The summed E-state index contributed by atoms with van der Waals surface area (Å²) < 4.78 is 5.08. The lowest BCUT2D eigenvalue weighted by molar-refractivity contribution is -0.152. The number of likely N-dealkylation sites (tertiary alicyclic amines) is 1. The first-order chi connectivity index (χ1) is 13.8. The summed E-state index contributed by atoms with van der Waals surface area (Å²) in [5, 5.41) is 0. The average Bonchev–Trinajstić information content (AvgIpc) is 2.69. The van der Waals surface area contributed by atoms with Gasteiger partial charge in [0, 0.05) is 20.1 Å². The molecule has 0 spiro atoms. The molecule has 0 aromatic heterocycles. The van der Waals surface area contributed by atoms with Crippen molar-refractivity contribution < 1.29 is 19.1 Å². The molecule has 1 atom stereocenters. The molecule has 0 saturated carbocycles. The van der Waals surface area contributed by atoms with Gasteiger partial charge in [-0.25, -0.2) is 0 Å². The second-order valence-corrected chi connectivity index (χ2v) is 8.27. The highest BCUT2D eigenvalue weighted by Crippen LogP contribution is 2.18. The number of nitrogens with zero attached hydrogens (tertiary/aromatic N) is 2. The van der Waals surface area contributed by atoms with Gasteiger partial charge < -0.3 is 14.5 Å². The van der Waals surface area contributed by atoms with Crippen molar-refractivity contribution in [3.05, 3.63) is 35.4 Å². The van der Waals surface area contributed by atoms with E-state index >= 15 is 0 Å². The number of likely N-dealkylation sites (N-methyl/N-ethyl adjacent to an activating group) is 1. The van der Waals surface area contributed by atoms with Crippen LogP contribution in [0.2, 0.25) is 0 Å². The molecule has 1 saturated heterocycles. The van der Waals surface area contributed by atoms with E-state index in [0.717, 1.165) is 24.8 Å². The van der Waals surface area contributed by atoms with Crippen LogP contribution in [0.25, 0.3) is 0 Å². The molecule has 160 valence electrons. The molecule has 1 aliphatic rings. The van der Waals surface area contributed by atoms with Crippen molar-refractivity contribution in [2.45, 2.75) is 46.5 Å². The molecule has 0 N–H and O–H groups in total. The Hall–Kier alpha value is -2.37. The molecule has 0 radical (unpaired) electrons. The Labute approximate surface area is 174 Å². The first-order valence-corrected chi connectivity index (χ1v) is 10.6. The van der Waals surface area contributed by atoms with E-state index in [4.69, 9.17) is 4.74 Å². The zero-order chi connectivity index (χ0) is 21.4. The van der Waals surface area contributed by atoms with Crippen molar-refractivity contribution in [3.8, 4) is 0 Å². The molecular formula is C23H34N2O4. The number of hydrogen-bond donors (Lipinski definition) is 0. The fraction of sp³-hybridized carbons (Fsp3) is 0.609. The SMILES string of the molecule is CCOC(=O)C1CCCN(C(=O)CN(C)C(=O)Cc2ccc(CC(C)C)cc2)C1. The quantitative estimate of drug-likeness (QED) is 0.627. The molecule has 6 nitrogen and oxygen atoms in total. The highest BCUT2D eigenvalue weighted by Gasteiger charge is 2.30. The van der Waals surface area contributed by atoms with Crippen LogP contribution in [0.1, 0.15) is 44.7 Å². The number of carbonyl (C=O) groups excluding carboxylic acids is 3. The van der Waals surface area contributed by atoms with Crippen LogP contribution < -0.4 is 0 Å². The molecule has 1 heterocycles. The summed E-state index contributed by atoms with van der Waals surface area (Å²) in [6.45, 7) is 7.51. The van der Waals surface area contributed by atoms with E-state index in [9.17, 15) is 14.4 Å². The van der Waals surface area contributed by atoms with Crippen LogP contribution in [0, 0.1) is 11.8 Å². The van der Waals surface area contributed by atoms with Crippen molar-refractivity contribution in [1.29, 1.82) is 0 Å². The fourth-order valence-corrected chi connectivity index (χ4v) is 3.62. The second kappa shape index (κ2) is 11.0. The predicted molar refractivity (Wildman–Crippen MR) is 112 cm³/mol. The second-order valence-electron chi connectivity index (χ2n) is 8.27. The smallest absolute Gasteiger partial charge is 0.310 e. The Bertz CT molecular complexity index is 699. The average molecular weight is 403 g/mol. The molecule has 0 aliphatic carbocycles. The van der Waals surface area contributed by atoms with Crippen LogP contribution in [0.4, 0.5) is 0 Å². The van der Waals surface area contributed by atoms with Gasteiger partial charge in [-0.2, -0.15) is 0 Å². The Morgan fingerprint density at radius 1 is 1.17 bits per heavy atom. The molecule has 29 heavy (non-hydrogen) atoms. The van der Waals surface area contributed by atoms with Gasteiger partial charge in [-0.1, -0.05) is 38.1 Å². The summed E-state index contributed by atoms with van der Waals surface area (Å²) in [7, 11) is 1.65. The Morgan fingerprint density at radius 2 is 1.83 bits per heavy atom. The van der Waals surface area contributed by atoms with Crippen LogP contribution in [0.15, 0.2) is 24.3 Å². The van der Waals surface area contributed by atoms with E-state index in [0.29, 0.717) is 25.6 Å². The summed E-state index contributed by atoms with van der Waals surface area (Å²) in [6.07, 6.45) is 2.81. The van der Waals surface area contributed by atoms with Gasteiger partial charge in [-0.15, -0.1) is 0 Å². The monoisotopic (exact) mass is 402 g/mol. The minimum Gasteiger partial charge on any atom is -0.466 e. The number of piperidine rings is 1. The maximum Gasteiger partial charge on any atom is 0.310 e. The summed E-state index contributed by atoms with van der Waals surface area (Å²) in [5.74, 6) is -0.123. The summed E-state index contributed by atoms with van der Waals surface area (Å²) in [5.41, 5.74) is 2.21. The van der Waals surface area contributed by atoms with Gasteiger partial charge in [0.15, 0.2) is 0 Å². The van der Waals surface area contributed by atoms with Gasteiger partial charge >= 0.3 is 5.97 Å². The third-order valence-electron chi connectivity index (χ3n) is 5.21. The van der Waals surface area contributed by atoms with Crippen LogP contribution in [0.3, 0.4) is 0 Å². The van der Waals surface area contributed by atoms with Gasteiger partial charge in [-0.05, 0) is 43.2 Å². The van der Waals surface area contributed by atoms with Crippen molar-refractivity contribution in [3.63, 3.8) is 0 Å². The normalized spacial score (nSPS) is 16.6. The van der Waals surface area contributed by atoms with Crippen LogP contribution in [0.5, 0.6) is 0 Å². The largest absolute Gasteiger partial charge is 0.466 e. The standard InChI is InChI=1S/C23H34N2O4/c1-5-29-23(28)20-7-6-12-25(15-20)22(27)16-24(4)21(26)14-19-10-8-18(9-11-19)13-17(2)3/h8-11,17,20H,5-7,12-16H2,1-4H3. The van der Waals surface area contributed by atoms with Crippen LogP contribution in [-0.4, -0.2) is 60.9 Å². The minimum absolute atomic E-state index is 0.0276. The Morgan fingerprint density at radius 3 is 2.45 bits per heavy atom. The molecule has 0 bridgehead atoms. The Kier molecular flexibility index (Phi) is 8.68. The predicted octanol–water partition coefficient (Wildman–Crippen LogP) is 2.69. The first kappa shape index (κ1) is 22.9. The number of benzene rings is 1. The lowest BCUT2D eigenvalue weighted by Crippen LogP contribution is -2.47. The summed E-state index contributed by atoms with van der Waals surface area (Å²) >= 11 is 0.